The number of aliphatic hydroxyl groups is 1. The number of aliphatic hydroxyl groups excluding tert-OH is 1. The molecule has 4 aromatic rings. The third kappa shape index (κ3) is 4.75. The molecule has 0 aliphatic carbocycles. The van der Waals surface area contributed by atoms with Crippen molar-refractivity contribution in [3.63, 3.8) is 0 Å². The van der Waals surface area contributed by atoms with Gasteiger partial charge in [-0.3, -0.25) is 14.5 Å². The summed E-state index contributed by atoms with van der Waals surface area (Å²) >= 11 is 1.34. The van der Waals surface area contributed by atoms with Crippen LogP contribution >= 0.6 is 11.3 Å². The largest absolute Gasteiger partial charge is 0.507 e. The smallest absolute Gasteiger partial charge is 0.301 e. The fourth-order valence-corrected chi connectivity index (χ4v) is 5.56. The summed E-state index contributed by atoms with van der Waals surface area (Å²) in [6.45, 7) is 7.00. The van der Waals surface area contributed by atoms with E-state index in [4.69, 9.17) is 9.47 Å². The number of carbonyl (C=O) groups excluding carboxylic acids is 2. The first-order chi connectivity index (χ1) is 18.4. The number of Topliss-reactive ketones (excluding diaryl/α,β-unsaturated/α-hetero) is 1. The van der Waals surface area contributed by atoms with E-state index in [1.165, 1.54) is 16.2 Å². The van der Waals surface area contributed by atoms with Crippen LogP contribution in [0.2, 0.25) is 0 Å². The number of aromatic nitrogens is 1. The molecule has 1 aromatic heterocycles. The number of thiazole rings is 1. The highest BCUT2D eigenvalue weighted by atomic mass is 32.1. The monoisotopic (exact) mass is 528 g/mol. The number of hydrogen-bond acceptors (Lipinski definition) is 7. The third-order valence-electron chi connectivity index (χ3n) is 6.29. The average molecular weight is 529 g/mol. The quantitative estimate of drug-likeness (QED) is 0.161. The van der Waals surface area contributed by atoms with Gasteiger partial charge in [0.2, 0.25) is 0 Å². The van der Waals surface area contributed by atoms with Gasteiger partial charge in [0.1, 0.15) is 17.3 Å². The van der Waals surface area contributed by atoms with Gasteiger partial charge in [-0.15, -0.1) is 0 Å². The molecular weight excluding hydrogens is 500 g/mol. The summed E-state index contributed by atoms with van der Waals surface area (Å²) in [4.78, 5) is 33.0. The summed E-state index contributed by atoms with van der Waals surface area (Å²) in [5, 5.41) is 11.8. The van der Waals surface area contributed by atoms with Crippen molar-refractivity contribution in [2.45, 2.75) is 33.2 Å². The molecule has 1 atom stereocenters. The number of hydrogen-bond donors (Lipinski definition) is 1. The van der Waals surface area contributed by atoms with E-state index in [1.807, 2.05) is 63.2 Å². The summed E-state index contributed by atoms with van der Waals surface area (Å²) in [6, 6.07) is 19.0. The van der Waals surface area contributed by atoms with Gasteiger partial charge in [0.15, 0.2) is 5.13 Å². The molecule has 5 rings (SSSR count). The van der Waals surface area contributed by atoms with Crippen molar-refractivity contribution in [2.24, 2.45) is 0 Å². The molecule has 38 heavy (non-hydrogen) atoms. The van der Waals surface area contributed by atoms with Crippen LogP contribution in [-0.4, -0.2) is 35.0 Å². The molecule has 0 radical (unpaired) electrons. The topological polar surface area (TPSA) is 89.0 Å². The standard InChI is InChI=1S/C30H28N2O5S/c1-4-16-37-22-11-7-19(8-12-22)26-25(27(33)20-9-13-21(14-10-20)36-5-2)28(34)29(35)32(26)30-31-23-15-6-18(3)17-24(23)38-30/h6-15,17,26,33H,4-5,16H2,1-3H3/b27-25+. The molecule has 1 saturated heterocycles. The molecular formula is C30H28N2O5S. The zero-order valence-corrected chi connectivity index (χ0v) is 22.2. The lowest BCUT2D eigenvalue weighted by Crippen LogP contribution is -2.29. The second kappa shape index (κ2) is 10.7. The minimum Gasteiger partial charge on any atom is -0.507 e. The Labute approximate surface area is 225 Å². The zero-order chi connectivity index (χ0) is 26.8. The van der Waals surface area contributed by atoms with Gasteiger partial charge in [-0.1, -0.05) is 36.5 Å². The number of carbonyl (C=O) groups is 2. The van der Waals surface area contributed by atoms with E-state index in [0.29, 0.717) is 41.0 Å². The number of ether oxygens (including phenoxy) is 2. The van der Waals surface area contributed by atoms with Crippen molar-refractivity contribution >= 4 is 44.1 Å². The summed E-state index contributed by atoms with van der Waals surface area (Å²) in [5.41, 5.74) is 2.91. The number of amides is 1. The summed E-state index contributed by atoms with van der Waals surface area (Å²) in [7, 11) is 0. The average Bonchev–Trinajstić information content (AvgIpc) is 3.45. The second-order valence-electron chi connectivity index (χ2n) is 9.01. The highest BCUT2D eigenvalue weighted by Crippen LogP contribution is 2.44. The van der Waals surface area contributed by atoms with E-state index in [2.05, 4.69) is 4.98 Å². The Morgan fingerprint density at radius 3 is 2.34 bits per heavy atom. The Morgan fingerprint density at radius 1 is 0.974 bits per heavy atom. The third-order valence-corrected chi connectivity index (χ3v) is 7.31. The van der Waals surface area contributed by atoms with Gasteiger partial charge in [-0.05, 0) is 79.9 Å². The zero-order valence-electron chi connectivity index (χ0n) is 21.4. The molecule has 8 heteroatoms. The maximum atomic E-state index is 13.5. The van der Waals surface area contributed by atoms with Crippen molar-refractivity contribution in [3.8, 4) is 11.5 Å². The van der Waals surface area contributed by atoms with Gasteiger partial charge in [0.05, 0.1) is 35.0 Å². The molecule has 1 aliphatic rings. The van der Waals surface area contributed by atoms with E-state index in [1.54, 1.807) is 24.3 Å². The highest BCUT2D eigenvalue weighted by molar-refractivity contribution is 7.22. The number of aryl methyl sites for hydroxylation is 1. The first kappa shape index (κ1) is 25.5. The lowest BCUT2D eigenvalue weighted by atomic mass is 9.95. The van der Waals surface area contributed by atoms with E-state index in [-0.39, 0.29) is 11.3 Å². The first-order valence-corrected chi connectivity index (χ1v) is 13.4. The molecule has 7 nitrogen and oxygen atoms in total. The Balaban J connectivity index is 1.64. The minimum absolute atomic E-state index is 0.0109. The number of fused-ring (bicyclic) bond motifs is 1. The van der Waals surface area contributed by atoms with Crippen LogP contribution in [0.1, 0.15) is 43.0 Å². The molecule has 0 spiro atoms. The number of ketones is 1. The first-order valence-electron chi connectivity index (χ1n) is 12.6. The van der Waals surface area contributed by atoms with Crippen LogP contribution in [-0.2, 0) is 9.59 Å². The highest BCUT2D eigenvalue weighted by Gasteiger charge is 2.48. The van der Waals surface area contributed by atoms with Crippen molar-refractivity contribution in [3.05, 3.63) is 89.0 Å². The van der Waals surface area contributed by atoms with Crippen molar-refractivity contribution in [1.29, 1.82) is 0 Å². The molecule has 3 aromatic carbocycles. The molecule has 0 bridgehead atoms. The summed E-state index contributed by atoms with van der Waals surface area (Å²) in [5.74, 6) is -0.405. The van der Waals surface area contributed by atoms with Gasteiger partial charge < -0.3 is 14.6 Å². The van der Waals surface area contributed by atoms with Crippen LogP contribution in [0.15, 0.2) is 72.3 Å². The van der Waals surface area contributed by atoms with Gasteiger partial charge >= 0.3 is 5.91 Å². The number of anilines is 1. The van der Waals surface area contributed by atoms with Crippen LogP contribution in [0.4, 0.5) is 5.13 Å². The van der Waals surface area contributed by atoms with Crippen LogP contribution in [0.3, 0.4) is 0 Å². The molecule has 194 valence electrons. The van der Waals surface area contributed by atoms with Crippen LogP contribution in [0.5, 0.6) is 11.5 Å². The molecule has 1 aliphatic heterocycles. The normalized spacial score (nSPS) is 16.8. The molecule has 1 amide bonds. The fourth-order valence-electron chi connectivity index (χ4n) is 4.47. The molecule has 1 unspecified atom stereocenters. The Kier molecular flexibility index (Phi) is 7.15. The molecule has 0 saturated carbocycles. The SMILES string of the molecule is CCCOc1ccc(C2/C(=C(\O)c3ccc(OCC)cc3)C(=O)C(=O)N2c2nc3ccc(C)cc3s2)cc1. The maximum Gasteiger partial charge on any atom is 0.301 e. The van der Waals surface area contributed by atoms with Crippen LogP contribution < -0.4 is 14.4 Å². The van der Waals surface area contributed by atoms with Gasteiger partial charge in [0.25, 0.3) is 5.78 Å². The van der Waals surface area contributed by atoms with Crippen molar-refractivity contribution < 1.29 is 24.2 Å². The molecule has 1 N–H and O–H groups in total. The number of nitrogens with zero attached hydrogens (tertiary/aromatic N) is 2. The second-order valence-corrected chi connectivity index (χ2v) is 10.0. The molecule has 2 heterocycles. The van der Waals surface area contributed by atoms with E-state index >= 15 is 0 Å². The Morgan fingerprint density at radius 2 is 1.66 bits per heavy atom. The lowest BCUT2D eigenvalue weighted by Gasteiger charge is -2.23. The maximum absolute atomic E-state index is 13.5. The van der Waals surface area contributed by atoms with Crippen LogP contribution in [0.25, 0.3) is 16.0 Å². The van der Waals surface area contributed by atoms with Gasteiger partial charge in [-0.2, -0.15) is 0 Å². The predicted octanol–water partition coefficient (Wildman–Crippen LogP) is 6.42. The lowest BCUT2D eigenvalue weighted by molar-refractivity contribution is -0.132. The fraction of sp³-hybridized carbons (Fsp3) is 0.233. The summed E-state index contributed by atoms with van der Waals surface area (Å²) in [6.07, 6.45) is 0.876. The Hall–Kier alpha value is -4.17. The van der Waals surface area contributed by atoms with E-state index < -0.39 is 17.7 Å². The van der Waals surface area contributed by atoms with E-state index in [9.17, 15) is 14.7 Å². The van der Waals surface area contributed by atoms with Gasteiger partial charge in [0, 0.05) is 5.56 Å². The summed E-state index contributed by atoms with van der Waals surface area (Å²) < 4.78 is 12.1. The van der Waals surface area contributed by atoms with Crippen molar-refractivity contribution in [2.75, 3.05) is 18.1 Å². The van der Waals surface area contributed by atoms with Gasteiger partial charge in [-0.25, -0.2) is 4.98 Å². The number of rotatable bonds is 8. The van der Waals surface area contributed by atoms with E-state index in [0.717, 1.165) is 22.2 Å². The van der Waals surface area contributed by atoms with Crippen molar-refractivity contribution in [1.82, 2.24) is 4.98 Å². The predicted molar refractivity (Wildman–Crippen MR) is 149 cm³/mol. The Bertz CT molecular complexity index is 1520. The minimum atomic E-state index is -0.858. The number of benzene rings is 3. The van der Waals surface area contributed by atoms with Crippen LogP contribution in [0, 0.1) is 6.92 Å². The molecule has 1 fully saturated rings.